The summed E-state index contributed by atoms with van der Waals surface area (Å²) >= 11 is 6.32. The Morgan fingerprint density at radius 1 is 1.32 bits per heavy atom. The van der Waals surface area contributed by atoms with E-state index in [9.17, 15) is 4.79 Å². The maximum atomic E-state index is 12.2. The Morgan fingerprint density at radius 2 is 2.08 bits per heavy atom. The molecule has 3 rings (SSSR count). The van der Waals surface area contributed by atoms with Gasteiger partial charge >= 0.3 is 0 Å². The highest BCUT2D eigenvalue weighted by Gasteiger charge is 2.15. The van der Waals surface area contributed by atoms with E-state index < -0.39 is 0 Å². The van der Waals surface area contributed by atoms with Gasteiger partial charge in [0.2, 0.25) is 5.91 Å². The van der Waals surface area contributed by atoms with Crippen LogP contribution in [0.5, 0.6) is 0 Å². The van der Waals surface area contributed by atoms with Crippen LogP contribution in [0.25, 0.3) is 17.0 Å². The van der Waals surface area contributed by atoms with Gasteiger partial charge in [-0.25, -0.2) is 4.98 Å². The normalized spacial score (nSPS) is 10.8. The van der Waals surface area contributed by atoms with Gasteiger partial charge in [-0.3, -0.25) is 4.79 Å². The quantitative estimate of drug-likeness (QED) is 0.692. The molecule has 0 atom stereocenters. The Kier molecular flexibility index (Phi) is 6.07. The Morgan fingerprint density at radius 3 is 2.76 bits per heavy atom. The summed E-state index contributed by atoms with van der Waals surface area (Å²) in [4.78, 5) is 17.7. The molecule has 2 heterocycles. The van der Waals surface area contributed by atoms with E-state index in [0.717, 1.165) is 10.9 Å². The number of halogens is 2. The summed E-state index contributed by atoms with van der Waals surface area (Å²) in [7, 11) is 1.69. The lowest BCUT2D eigenvalue weighted by atomic mass is 10.2. The number of benzene rings is 1. The lowest BCUT2D eigenvalue weighted by Crippen LogP contribution is -2.23. The zero-order valence-corrected chi connectivity index (χ0v) is 15.1. The van der Waals surface area contributed by atoms with Crippen molar-refractivity contribution in [1.82, 2.24) is 9.88 Å². The number of amides is 1. The zero-order chi connectivity index (χ0) is 17.1. The Balaban J connectivity index is 0.00000225. The van der Waals surface area contributed by atoms with Crippen molar-refractivity contribution < 1.29 is 9.21 Å². The zero-order valence-electron chi connectivity index (χ0n) is 13.5. The Hall–Kier alpha value is -2.50. The first-order chi connectivity index (χ1) is 11.5. The summed E-state index contributed by atoms with van der Waals surface area (Å²) in [6.45, 7) is 0.288. The van der Waals surface area contributed by atoms with Crippen LogP contribution >= 0.6 is 24.0 Å². The number of furan rings is 1. The molecule has 130 valence electrons. The first-order valence-corrected chi connectivity index (χ1v) is 7.73. The van der Waals surface area contributed by atoms with Crippen molar-refractivity contribution in [1.29, 1.82) is 0 Å². The molecule has 0 aliphatic heterocycles. The van der Waals surface area contributed by atoms with Crippen molar-refractivity contribution in [3.63, 3.8) is 0 Å². The minimum absolute atomic E-state index is 0. The minimum Gasteiger partial charge on any atom is -0.458 e. The molecule has 25 heavy (non-hydrogen) atoms. The van der Waals surface area contributed by atoms with E-state index >= 15 is 0 Å². The Labute approximate surface area is 156 Å². The molecule has 0 saturated carbocycles. The van der Waals surface area contributed by atoms with Gasteiger partial charge in [-0.1, -0.05) is 23.7 Å². The maximum absolute atomic E-state index is 12.2. The van der Waals surface area contributed by atoms with Crippen molar-refractivity contribution in [2.24, 2.45) is 0 Å². The van der Waals surface area contributed by atoms with Gasteiger partial charge in [0.1, 0.15) is 17.2 Å². The van der Waals surface area contributed by atoms with Crippen LogP contribution in [0.4, 0.5) is 5.82 Å². The van der Waals surface area contributed by atoms with E-state index in [2.05, 4.69) is 4.98 Å². The second-order valence-corrected chi connectivity index (χ2v) is 5.76. The molecule has 0 aliphatic rings. The standard InChI is InChI=1S/C18H16ClN3O2.ClH/c1-22(17(23)9-7-12-6-8-16(20)21-10-12)11-15-18(19)13-4-2-3-5-14(13)24-15;/h2-10H,11H2,1H3,(H2,20,21);1H. The monoisotopic (exact) mass is 377 g/mol. The molecule has 3 aromatic rings. The molecule has 5 nitrogen and oxygen atoms in total. The van der Waals surface area contributed by atoms with Gasteiger partial charge in [-0.05, 0) is 35.9 Å². The number of fused-ring (bicyclic) bond motifs is 1. The van der Waals surface area contributed by atoms with E-state index in [-0.39, 0.29) is 24.9 Å². The molecular formula is C18H17Cl2N3O2. The van der Waals surface area contributed by atoms with E-state index in [4.69, 9.17) is 21.8 Å². The molecule has 0 fully saturated rings. The van der Waals surface area contributed by atoms with Crippen LogP contribution in [-0.4, -0.2) is 22.8 Å². The third-order valence-electron chi connectivity index (χ3n) is 3.59. The number of likely N-dealkylation sites (N-methyl/N-ethyl adjacent to an activating group) is 1. The molecule has 0 unspecified atom stereocenters. The predicted octanol–water partition coefficient (Wildman–Crippen LogP) is 4.16. The number of carbonyl (C=O) groups is 1. The highest BCUT2D eigenvalue weighted by Crippen LogP contribution is 2.30. The SMILES string of the molecule is CN(Cc1oc2ccccc2c1Cl)C(=O)C=Cc1ccc(N)nc1.Cl. The fourth-order valence-electron chi connectivity index (χ4n) is 2.27. The number of nitrogens with zero attached hydrogens (tertiary/aromatic N) is 2. The van der Waals surface area contributed by atoms with E-state index in [1.165, 1.54) is 11.0 Å². The summed E-state index contributed by atoms with van der Waals surface area (Å²) in [5.41, 5.74) is 7.04. The smallest absolute Gasteiger partial charge is 0.246 e. The van der Waals surface area contributed by atoms with Crippen LogP contribution in [0.1, 0.15) is 11.3 Å². The van der Waals surface area contributed by atoms with Gasteiger partial charge in [-0.15, -0.1) is 12.4 Å². The third kappa shape index (κ3) is 4.32. The number of nitrogens with two attached hydrogens (primary N) is 1. The molecule has 0 saturated heterocycles. The molecule has 7 heteroatoms. The molecule has 0 radical (unpaired) electrons. The minimum atomic E-state index is -0.164. The van der Waals surface area contributed by atoms with Crippen LogP contribution in [0, 0.1) is 0 Å². The molecular weight excluding hydrogens is 361 g/mol. The fraction of sp³-hybridized carbons (Fsp3) is 0.111. The van der Waals surface area contributed by atoms with Crippen LogP contribution < -0.4 is 5.73 Å². The second-order valence-electron chi connectivity index (χ2n) is 5.38. The molecule has 0 bridgehead atoms. The first kappa shape index (κ1) is 18.8. The van der Waals surface area contributed by atoms with Crippen LogP contribution in [0.2, 0.25) is 5.02 Å². The van der Waals surface area contributed by atoms with Gasteiger partial charge in [0, 0.05) is 24.7 Å². The van der Waals surface area contributed by atoms with Crippen LogP contribution in [0.15, 0.2) is 53.1 Å². The van der Waals surface area contributed by atoms with Crippen molar-refractivity contribution in [3.8, 4) is 0 Å². The van der Waals surface area contributed by atoms with Crippen LogP contribution in [0.3, 0.4) is 0 Å². The lowest BCUT2D eigenvalue weighted by molar-refractivity contribution is -0.125. The highest BCUT2D eigenvalue weighted by atomic mass is 35.5. The number of hydrogen-bond donors (Lipinski definition) is 1. The fourth-order valence-corrected chi connectivity index (χ4v) is 2.52. The van der Waals surface area contributed by atoms with Crippen molar-refractivity contribution in [3.05, 3.63) is 65.0 Å². The summed E-state index contributed by atoms with van der Waals surface area (Å²) < 4.78 is 5.72. The largest absolute Gasteiger partial charge is 0.458 e. The van der Waals surface area contributed by atoms with Crippen molar-refractivity contribution in [2.45, 2.75) is 6.54 Å². The van der Waals surface area contributed by atoms with Gasteiger partial charge in [0.25, 0.3) is 0 Å². The number of para-hydroxylation sites is 1. The number of nitrogen functional groups attached to an aromatic ring is 1. The summed E-state index contributed by atoms with van der Waals surface area (Å²) in [5.74, 6) is 0.842. The van der Waals surface area contributed by atoms with Gasteiger partial charge in [0.05, 0.1) is 11.6 Å². The maximum Gasteiger partial charge on any atom is 0.246 e. The summed E-state index contributed by atoms with van der Waals surface area (Å²) in [6.07, 6.45) is 4.77. The second kappa shape index (κ2) is 8.05. The molecule has 0 aliphatic carbocycles. The van der Waals surface area contributed by atoms with E-state index in [1.54, 1.807) is 31.5 Å². The molecule has 2 N–H and O–H groups in total. The highest BCUT2D eigenvalue weighted by molar-refractivity contribution is 6.36. The predicted molar refractivity (Wildman–Crippen MR) is 103 cm³/mol. The molecule has 2 aromatic heterocycles. The van der Waals surface area contributed by atoms with Gasteiger partial charge in [0.15, 0.2) is 0 Å². The van der Waals surface area contributed by atoms with Crippen LogP contribution in [-0.2, 0) is 11.3 Å². The van der Waals surface area contributed by atoms with E-state index in [0.29, 0.717) is 22.2 Å². The first-order valence-electron chi connectivity index (χ1n) is 7.35. The summed E-state index contributed by atoms with van der Waals surface area (Å²) in [6, 6.07) is 11.0. The van der Waals surface area contributed by atoms with Crippen molar-refractivity contribution >= 4 is 52.8 Å². The average Bonchev–Trinajstić information content (AvgIpc) is 2.90. The average molecular weight is 378 g/mol. The van der Waals surface area contributed by atoms with Crippen molar-refractivity contribution in [2.75, 3.05) is 12.8 Å². The van der Waals surface area contributed by atoms with Gasteiger partial charge < -0.3 is 15.1 Å². The molecule has 1 amide bonds. The summed E-state index contributed by atoms with van der Waals surface area (Å²) in [5, 5.41) is 1.38. The third-order valence-corrected chi connectivity index (χ3v) is 4.00. The topological polar surface area (TPSA) is 72.4 Å². The number of pyridine rings is 1. The number of rotatable bonds is 4. The molecule has 1 aromatic carbocycles. The number of hydrogen-bond acceptors (Lipinski definition) is 4. The number of carbonyl (C=O) groups excluding carboxylic acids is 1. The Bertz CT molecular complexity index is 904. The van der Waals surface area contributed by atoms with E-state index in [1.807, 2.05) is 24.3 Å². The number of anilines is 1. The van der Waals surface area contributed by atoms with Gasteiger partial charge in [-0.2, -0.15) is 0 Å². The number of aromatic nitrogens is 1. The molecule has 0 spiro atoms. The lowest BCUT2D eigenvalue weighted by Gasteiger charge is -2.13.